The molecule has 6 nitrogen and oxygen atoms in total. The van der Waals surface area contributed by atoms with Crippen LogP contribution < -0.4 is 17.2 Å². The first-order chi connectivity index (χ1) is 14.1. The molecule has 1 heterocycles. The van der Waals surface area contributed by atoms with E-state index in [-0.39, 0.29) is 23.9 Å². The number of nitrogens with two attached hydrogens (primary N) is 2. The molecule has 3 rings (SSSR count). The van der Waals surface area contributed by atoms with Crippen molar-refractivity contribution >= 4 is 5.82 Å². The lowest BCUT2D eigenvalue weighted by molar-refractivity contribution is -0.157. The van der Waals surface area contributed by atoms with Gasteiger partial charge in [-0.25, -0.2) is 4.79 Å². The van der Waals surface area contributed by atoms with E-state index in [2.05, 4.69) is 4.98 Å². The van der Waals surface area contributed by atoms with Gasteiger partial charge in [0.2, 0.25) is 0 Å². The number of nitrogen functional groups attached to an aromatic ring is 1. The third kappa shape index (κ3) is 5.82. The van der Waals surface area contributed by atoms with Gasteiger partial charge in [-0.2, -0.15) is 18.2 Å². The van der Waals surface area contributed by atoms with Crippen LogP contribution in [0.2, 0.25) is 0 Å². The average molecular weight is 423 g/mol. The molecule has 0 bridgehead atoms. The standard InChI is InChI=1S/C21H28F3N5O/c1-14(29(13-21(22,23)24)18-8-4-16(25)5-9-18)12-15-2-6-17(7-3-15)28-11-10-19(26)27-20(28)30/h2-3,6-7,10-11,14,16,18H,4-5,8-9,12-13,25H2,1H3,(H2,26,27,30). The van der Waals surface area contributed by atoms with E-state index in [0.717, 1.165) is 18.4 Å². The topological polar surface area (TPSA) is 90.2 Å². The molecular weight excluding hydrogens is 395 g/mol. The Morgan fingerprint density at radius 2 is 1.80 bits per heavy atom. The lowest BCUT2D eigenvalue weighted by atomic mass is 9.89. The highest BCUT2D eigenvalue weighted by Gasteiger charge is 2.37. The number of benzene rings is 1. The van der Waals surface area contributed by atoms with Crippen molar-refractivity contribution in [2.75, 3.05) is 12.3 Å². The second-order valence-corrected chi connectivity index (χ2v) is 8.08. The predicted molar refractivity (Wildman–Crippen MR) is 110 cm³/mol. The summed E-state index contributed by atoms with van der Waals surface area (Å²) in [6.07, 6.45) is 0.659. The fraction of sp³-hybridized carbons (Fsp3) is 0.524. The van der Waals surface area contributed by atoms with Crippen LogP contribution in [0.1, 0.15) is 38.2 Å². The zero-order valence-electron chi connectivity index (χ0n) is 17.0. The molecule has 30 heavy (non-hydrogen) atoms. The molecule has 1 fully saturated rings. The Morgan fingerprint density at radius 1 is 1.17 bits per heavy atom. The molecule has 1 saturated carbocycles. The Kier molecular flexibility index (Phi) is 6.82. The minimum Gasteiger partial charge on any atom is -0.383 e. The summed E-state index contributed by atoms with van der Waals surface area (Å²) >= 11 is 0. The van der Waals surface area contributed by atoms with Crippen molar-refractivity contribution < 1.29 is 13.2 Å². The van der Waals surface area contributed by atoms with Gasteiger partial charge in [-0.15, -0.1) is 0 Å². The van der Waals surface area contributed by atoms with E-state index in [1.54, 1.807) is 23.2 Å². The van der Waals surface area contributed by atoms with Gasteiger partial charge >= 0.3 is 11.9 Å². The molecule has 9 heteroatoms. The van der Waals surface area contributed by atoms with Crippen molar-refractivity contribution in [3.05, 3.63) is 52.6 Å². The fourth-order valence-corrected chi connectivity index (χ4v) is 4.15. The Balaban J connectivity index is 1.73. The second-order valence-electron chi connectivity index (χ2n) is 8.08. The summed E-state index contributed by atoms with van der Waals surface area (Å²) in [7, 11) is 0. The van der Waals surface area contributed by atoms with Crippen molar-refractivity contribution in [1.29, 1.82) is 0 Å². The minimum absolute atomic E-state index is 0.0862. The third-order valence-electron chi connectivity index (χ3n) is 5.71. The van der Waals surface area contributed by atoms with Crippen LogP contribution in [0.4, 0.5) is 19.0 Å². The highest BCUT2D eigenvalue weighted by Crippen LogP contribution is 2.28. The van der Waals surface area contributed by atoms with Crippen molar-refractivity contribution in [1.82, 2.24) is 14.5 Å². The second kappa shape index (κ2) is 9.18. The van der Waals surface area contributed by atoms with Crippen molar-refractivity contribution in [2.45, 2.75) is 63.3 Å². The first-order valence-electron chi connectivity index (χ1n) is 10.1. The van der Waals surface area contributed by atoms with E-state index in [4.69, 9.17) is 11.5 Å². The smallest absolute Gasteiger partial charge is 0.383 e. The van der Waals surface area contributed by atoms with Gasteiger partial charge in [0, 0.05) is 24.3 Å². The van der Waals surface area contributed by atoms with Crippen LogP contribution in [0.15, 0.2) is 41.3 Å². The van der Waals surface area contributed by atoms with Crippen LogP contribution in [0.25, 0.3) is 5.69 Å². The van der Waals surface area contributed by atoms with Gasteiger partial charge in [-0.05, 0) is 62.8 Å². The maximum absolute atomic E-state index is 13.2. The first-order valence-corrected chi connectivity index (χ1v) is 10.1. The number of halogens is 3. The van der Waals surface area contributed by atoms with Gasteiger partial charge in [-0.1, -0.05) is 12.1 Å². The van der Waals surface area contributed by atoms with E-state index < -0.39 is 18.4 Å². The Bertz CT molecular complexity index is 889. The van der Waals surface area contributed by atoms with Gasteiger partial charge < -0.3 is 11.5 Å². The number of hydrogen-bond donors (Lipinski definition) is 2. The minimum atomic E-state index is -4.25. The van der Waals surface area contributed by atoms with Crippen molar-refractivity contribution in [3.8, 4) is 5.69 Å². The zero-order valence-corrected chi connectivity index (χ0v) is 17.0. The van der Waals surface area contributed by atoms with E-state index in [0.29, 0.717) is 24.9 Å². The highest BCUT2D eigenvalue weighted by atomic mass is 19.4. The molecule has 4 N–H and O–H groups in total. The Hall–Kier alpha value is -2.39. The summed E-state index contributed by atoms with van der Waals surface area (Å²) in [4.78, 5) is 17.2. The molecule has 164 valence electrons. The highest BCUT2D eigenvalue weighted by molar-refractivity contribution is 5.36. The van der Waals surface area contributed by atoms with Crippen LogP contribution >= 0.6 is 0 Å². The number of rotatable bonds is 6. The van der Waals surface area contributed by atoms with Crippen molar-refractivity contribution in [2.24, 2.45) is 5.73 Å². The number of aromatic nitrogens is 2. The largest absolute Gasteiger partial charge is 0.401 e. The lowest BCUT2D eigenvalue weighted by Crippen LogP contribution is -2.49. The maximum Gasteiger partial charge on any atom is 0.401 e. The molecule has 1 aliphatic rings. The van der Waals surface area contributed by atoms with Crippen LogP contribution in [0.3, 0.4) is 0 Å². The summed E-state index contributed by atoms with van der Waals surface area (Å²) in [5.74, 6) is 0.148. The molecular formula is C21H28F3N5O. The van der Waals surface area contributed by atoms with Gasteiger partial charge in [0.1, 0.15) is 5.82 Å². The van der Waals surface area contributed by atoms with E-state index in [1.807, 2.05) is 19.1 Å². The predicted octanol–water partition coefficient (Wildman–Crippen LogP) is 2.88. The van der Waals surface area contributed by atoms with E-state index in [1.165, 1.54) is 10.6 Å². The van der Waals surface area contributed by atoms with Crippen LogP contribution in [0, 0.1) is 0 Å². The quantitative estimate of drug-likeness (QED) is 0.746. The van der Waals surface area contributed by atoms with E-state index >= 15 is 0 Å². The normalized spacial score (nSPS) is 21.0. The number of hydrogen-bond acceptors (Lipinski definition) is 5. The summed E-state index contributed by atoms with van der Waals surface area (Å²) in [6.45, 7) is 0.918. The SMILES string of the molecule is CC(Cc1ccc(-n2ccc(N)nc2=O)cc1)N(CC(F)(F)F)C1CCC(N)CC1. The lowest BCUT2D eigenvalue weighted by Gasteiger charge is -2.40. The third-order valence-corrected chi connectivity index (χ3v) is 5.71. The summed E-state index contributed by atoms with van der Waals surface area (Å²) < 4.78 is 41.1. The monoisotopic (exact) mass is 423 g/mol. The summed E-state index contributed by atoms with van der Waals surface area (Å²) in [5, 5.41) is 0. The summed E-state index contributed by atoms with van der Waals surface area (Å²) in [6, 6.07) is 8.40. The molecule has 0 aliphatic heterocycles. The number of alkyl halides is 3. The molecule has 1 aromatic carbocycles. The zero-order chi connectivity index (χ0) is 21.9. The van der Waals surface area contributed by atoms with Gasteiger partial charge in [0.25, 0.3) is 0 Å². The Morgan fingerprint density at radius 3 is 2.37 bits per heavy atom. The molecule has 1 aliphatic carbocycles. The van der Waals surface area contributed by atoms with Gasteiger partial charge in [-0.3, -0.25) is 9.47 Å². The van der Waals surface area contributed by atoms with E-state index in [9.17, 15) is 18.0 Å². The first kappa shape index (κ1) is 22.3. The molecule has 1 atom stereocenters. The average Bonchev–Trinajstić information content (AvgIpc) is 2.67. The molecule has 0 amide bonds. The molecule has 2 aromatic rings. The van der Waals surface area contributed by atoms with Gasteiger partial charge in [0.05, 0.1) is 12.2 Å². The number of anilines is 1. The molecule has 0 saturated heterocycles. The molecule has 1 unspecified atom stereocenters. The maximum atomic E-state index is 13.2. The number of nitrogens with zero attached hydrogens (tertiary/aromatic N) is 3. The van der Waals surface area contributed by atoms with Crippen molar-refractivity contribution in [3.63, 3.8) is 0 Å². The molecule has 1 aromatic heterocycles. The van der Waals surface area contributed by atoms with Gasteiger partial charge in [0.15, 0.2) is 0 Å². The fourth-order valence-electron chi connectivity index (χ4n) is 4.15. The van der Waals surface area contributed by atoms with Crippen LogP contribution in [-0.2, 0) is 6.42 Å². The summed E-state index contributed by atoms with van der Waals surface area (Å²) in [5.41, 5.74) is 12.5. The van der Waals surface area contributed by atoms with Crippen LogP contribution in [0.5, 0.6) is 0 Å². The molecule has 0 radical (unpaired) electrons. The van der Waals surface area contributed by atoms with Crippen LogP contribution in [-0.4, -0.2) is 45.3 Å². The Labute approximate surface area is 173 Å². The molecule has 0 spiro atoms.